The van der Waals surface area contributed by atoms with Crippen molar-refractivity contribution in [1.29, 1.82) is 0 Å². The molecule has 1 atom stereocenters. The smallest absolute Gasteiger partial charge is 0.303 e. The molecule has 1 rings (SSSR count). The van der Waals surface area contributed by atoms with Crippen LogP contribution < -0.4 is 5.32 Å². The zero-order valence-corrected chi connectivity index (χ0v) is 9.65. The van der Waals surface area contributed by atoms with Crippen molar-refractivity contribution in [3.05, 3.63) is 35.9 Å². The van der Waals surface area contributed by atoms with Crippen LogP contribution in [0, 0.1) is 5.92 Å². The SMILES string of the molecule is CC(CCNCc1ccccc1)CC(=O)O. The number of hydrogen-bond donors (Lipinski definition) is 2. The Balaban J connectivity index is 2.10. The molecule has 1 aromatic carbocycles. The summed E-state index contributed by atoms with van der Waals surface area (Å²) in [6.45, 7) is 3.68. The summed E-state index contributed by atoms with van der Waals surface area (Å²) in [7, 11) is 0. The third kappa shape index (κ3) is 5.51. The van der Waals surface area contributed by atoms with Crippen LogP contribution in [-0.4, -0.2) is 17.6 Å². The number of nitrogens with one attached hydrogen (secondary N) is 1. The van der Waals surface area contributed by atoms with Crippen molar-refractivity contribution >= 4 is 5.97 Å². The maximum Gasteiger partial charge on any atom is 0.303 e. The second-order valence-corrected chi connectivity index (χ2v) is 4.15. The van der Waals surface area contributed by atoms with Crippen molar-refractivity contribution in [2.24, 2.45) is 5.92 Å². The molecule has 3 heteroatoms. The Labute approximate surface area is 96.5 Å². The predicted octanol–water partition coefficient (Wildman–Crippen LogP) is 2.28. The Morgan fingerprint density at radius 1 is 1.38 bits per heavy atom. The Bertz CT molecular complexity index is 311. The average Bonchev–Trinajstić information content (AvgIpc) is 2.25. The van der Waals surface area contributed by atoms with Gasteiger partial charge in [-0.05, 0) is 24.4 Å². The quantitative estimate of drug-likeness (QED) is 0.694. The fraction of sp³-hybridized carbons (Fsp3) is 0.462. The van der Waals surface area contributed by atoms with Crippen molar-refractivity contribution < 1.29 is 9.90 Å². The first kappa shape index (κ1) is 12.7. The second kappa shape index (κ2) is 7.01. The second-order valence-electron chi connectivity index (χ2n) is 4.15. The summed E-state index contributed by atoms with van der Waals surface area (Å²) >= 11 is 0. The number of hydrogen-bond acceptors (Lipinski definition) is 2. The normalized spacial score (nSPS) is 12.3. The highest BCUT2D eigenvalue weighted by Gasteiger charge is 2.06. The maximum atomic E-state index is 10.4. The van der Waals surface area contributed by atoms with Crippen LogP contribution in [0.25, 0.3) is 0 Å². The molecule has 0 fully saturated rings. The lowest BCUT2D eigenvalue weighted by molar-refractivity contribution is -0.138. The molecule has 3 nitrogen and oxygen atoms in total. The summed E-state index contributed by atoms with van der Waals surface area (Å²) in [6, 6.07) is 10.2. The van der Waals surface area contributed by atoms with Crippen molar-refractivity contribution in [1.82, 2.24) is 5.32 Å². The molecule has 0 saturated carbocycles. The van der Waals surface area contributed by atoms with Crippen molar-refractivity contribution in [3.8, 4) is 0 Å². The van der Waals surface area contributed by atoms with E-state index < -0.39 is 5.97 Å². The Hall–Kier alpha value is -1.35. The van der Waals surface area contributed by atoms with Gasteiger partial charge in [0.15, 0.2) is 0 Å². The summed E-state index contributed by atoms with van der Waals surface area (Å²) in [6.07, 6.45) is 1.16. The lowest BCUT2D eigenvalue weighted by Gasteiger charge is -2.09. The lowest BCUT2D eigenvalue weighted by Crippen LogP contribution is -2.18. The predicted molar refractivity (Wildman–Crippen MR) is 64.2 cm³/mol. The molecule has 0 heterocycles. The van der Waals surface area contributed by atoms with E-state index in [1.807, 2.05) is 25.1 Å². The molecular formula is C13H19NO2. The molecule has 0 radical (unpaired) electrons. The van der Waals surface area contributed by atoms with Crippen LogP contribution >= 0.6 is 0 Å². The van der Waals surface area contributed by atoms with E-state index in [4.69, 9.17) is 5.11 Å². The number of benzene rings is 1. The Kier molecular flexibility index (Phi) is 5.57. The molecule has 0 aliphatic rings. The molecule has 1 unspecified atom stereocenters. The van der Waals surface area contributed by atoms with Crippen LogP contribution in [-0.2, 0) is 11.3 Å². The lowest BCUT2D eigenvalue weighted by atomic mass is 10.0. The Morgan fingerprint density at radius 2 is 2.06 bits per heavy atom. The van der Waals surface area contributed by atoms with Crippen molar-refractivity contribution in [2.75, 3.05) is 6.54 Å². The van der Waals surface area contributed by atoms with Gasteiger partial charge < -0.3 is 10.4 Å². The molecule has 0 bridgehead atoms. The van der Waals surface area contributed by atoms with E-state index in [0.29, 0.717) is 0 Å². The van der Waals surface area contributed by atoms with Gasteiger partial charge in [-0.1, -0.05) is 37.3 Å². The highest BCUT2D eigenvalue weighted by molar-refractivity contribution is 5.66. The molecule has 0 aliphatic heterocycles. The summed E-state index contributed by atoms with van der Waals surface area (Å²) in [5.41, 5.74) is 1.26. The van der Waals surface area contributed by atoms with Crippen molar-refractivity contribution in [2.45, 2.75) is 26.3 Å². The standard InChI is InChI=1S/C13H19NO2/c1-11(9-13(15)16)7-8-14-10-12-5-3-2-4-6-12/h2-6,11,14H,7-10H2,1H3,(H,15,16). The van der Waals surface area contributed by atoms with Crippen LogP contribution in [0.2, 0.25) is 0 Å². The van der Waals surface area contributed by atoms with Crippen molar-refractivity contribution in [3.63, 3.8) is 0 Å². The molecular weight excluding hydrogens is 202 g/mol. The summed E-state index contributed by atoms with van der Waals surface area (Å²) < 4.78 is 0. The molecule has 0 saturated heterocycles. The third-order valence-corrected chi connectivity index (χ3v) is 2.51. The third-order valence-electron chi connectivity index (χ3n) is 2.51. The first-order valence-corrected chi connectivity index (χ1v) is 5.65. The van der Waals surface area contributed by atoms with Gasteiger partial charge in [0.05, 0.1) is 0 Å². The van der Waals surface area contributed by atoms with Gasteiger partial charge in [0.2, 0.25) is 0 Å². The highest BCUT2D eigenvalue weighted by atomic mass is 16.4. The minimum atomic E-state index is -0.712. The average molecular weight is 221 g/mol. The van der Waals surface area contributed by atoms with Gasteiger partial charge >= 0.3 is 5.97 Å². The summed E-state index contributed by atoms with van der Waals surface area (Å²) in [5.74, 6) is -0.476. The summed E-state index contributed by atoms with van der Waals surface area (Å²) in [5, 5.41) is 11.9. The zero-order chi connectivity index (χ0) is 11.8. The zero-order valence-electron chi connectivity index (χ0n) is 9.65. The van der Waals surface area contributed by atoms with E-state index >= 15 is 0 Å². The van der Waals surface area contributed by atoms with Gasteiger partial charge in [0.25, 0.3) is 0 Å². The largest absolute Gasteiger partial charge is 0.481 e. The van der Waals surface area contributed by atoms with E-state index in [0.717, 1.165) is 19.5 Å². The number of carbonyl (C=O) groups is 1. The van der Waals surface area contributed by atoms with Crippen LogP contribution in [0.3, 0.4) is 0 Å². The van der Waals surface area contributed by atoms with E-state index in [1.54, 1.807) is 0 Å². The van der Waals surface area contributed by atoms with Crippen LogP contribution in [0.5, 0.6) is 0 Å². The van der Waals surface area contributed by atoms with Gasteiger partial charge in [-0.25, -0.2) is 0 Å². The van der Waals surface area contributed by atoms with Crippen LogP contribution in [0.4, 0.5) is 0 Å². The van der Waals surface area contributed by atoms with E-state index in [9.17, 15) is 4.79 Å². The van der Waals surface area contributed by atoms with Crippen LogP contribution in [0.15, 0.2) is 30.3 Å². The number of rotatable bonds is 7. The topological polar surface area (TPSA) is 49.3 Å². The van der Waals surface area contributed by atoms with Gasteiger partial charge in [0.1, 0.15) is 0 Å². The number of aliphatic carboxylic acids is 1. The summed E-state index contributed by atoms with van der Waals surface area (Å²) in [4.78, 5) is 10.4. The fourth-order valence-electron chi connectivity index (χ4n) is 1.58. The number of carboxylic acids is 1. The van der Waals surface area contributed by atoms with Gasteiger partial charge in [0, 0.05) is 13.0 Å². The maximum absolute atomic E-state index is 10.4. The molecule has 0 spiro atoms. The molecule has 2 N–H and O–H groups in total. The van der Waals surface area contributed by atoms with E-state index in [1.165, 1.54) is 5.56 Å². The highest BCUT2D eigenvalue weighted by Crippen LogP contribution is 2.06. The molecule has 0 aliphatic carbocycles. The molecule has 0 aromatic heterocycles. The Morgan fingerprint density at radius 3 is 2.69 bits per heavy atom. The molecule has 88 valence electrons. The molecule has 0 amide bonds. The minimum Gasteiger partial charge on any atom is -0.481 e. The first-order valence-electron chi connectivity index (χ1n) is 5.65. The van der Waals surface area contributed by atoms with Gasteiger partial charge in [-0.15, -0.1) is 0 Å². The number of carboxylic acid groups (broad SMARTS) is 1. The van der Waals surface area contributed by atoms with E-state index in [-0.39, 0.29) is 12.3 Å². The van der Waals surface area contributed by atoms with Gasteiger partial charge in [-0.3, -0.25) is 4.79 Å². The molecule has 1 aromatic rings. The monoisotopic (exact) mass is 221 g/mol. The van der Waals surface area contributed by atoms with E-state index in [2.05, 4.69) is 17.4 Å². The van der Waals surface area contributed by atoms with Gasteiger partial charge in [-0.2, -0.15) is 0 Å². The first-order chi connectivity index (χ1) is 7.68. The molecule has 16 heavy (non-hydrogen) atoms. The minimum absolute atomic E-state index is 0.237. The van der Waals surface area contributed by atoms with Crippen LogP contribution in [0.1, 0.15) is 25.3 Å². The fourth-order valence-corrected chi connectivity index (χ4v) is 1.58.